The van der Waals surface area contributed by atoms with Crippen LogP contribution in [0, 0.1) is 19.8 Å². The van der Waals surface area contributed by atoms with Gasteiger partial charge in [0.1, 0.15) is 0 Å². The van der Waals surface area contributed by atoms with Crippen LogP contribution in [0.5, 0.6) is 0 Å². The second kappa shape index (κ2) is 3.39. The monoisotopic (exact) mass is 189 g/mol. The Balaban J connectivity index is 2.22. The normalized spacial score (nSPS) is 27.4. The first-order valence-electron chi connectivity index (χ1n) is 5.42. The highest BCUT2D eigenvalue weighted by Crippen LogP contribution is 2.49. The molecule has 0 bridgehead atoms. The molecular formula is C13H19N. The molecule has 0 aliphatic heterocycles. The van der Waals surface area contributed by atoms with Gasteiger partial charge in [0.2, 0.25) is 0 Å². The van der Waals surface area contributed by atoms with Crippen molar-refractivity contribution < 1.29 is 0 Å². The van der Waals surface area contributed by atoms with Crippen molar-refractivity contribution in [3.05, 3.63) is 34.9 Å². The van der Waals surface area contributed by atoms with Crippen LogP contribution in [0.4, 0.5) is 0 Å². The molecule has 76 valence electrons. The molecule has 3 unspecified atom stereocenters. The van der Waals surface area contributed by atoms with Gasteiger partial charge in [0.25, 0.3) is 0 Å². The van der Waals surface area contributed by atoms with E-state index in [0.29, 0.717) is 6.04 Å². The van der Waals surface area contributed by atoms with Crippen LogP contribution in [0.3, 0.4) is 0 Å². The first kappa shape index (κ1) is 9.72. The molecule has 14 heavy (non-hydrogen) atoms. The van der Waals surface area contributed by atoms with Crippen molar-refractivity contribution in [1.82, 2.24) is 0 Å². The lowest BCUT2D eigenvalue weighted by Crippen LogP contribution is -2.18. The molecule has 0 saturated heterocycles. The predicted octanol–water partition coefficient (Wildman–Crippen LogP) is 2.75. The van der Waals surface area contributed by atoms with Gasteiger partial charge in [-0.1, -0.05) is 23.8 Å². The quantitative estimate of drug-likeness (QED) is 0.760. The van der Waals surface area contributed by atoms with E-state index >= 15 is 0 Å². The van der Waals surface area contributed by atoms with E-state index in [2.05, 4.69) is 39.0 Å². The maximum absolute atomic E-state index is 5.91. The van der Waals surface area contributed by atoms with Crippen molar-refractivity contribution in [3.63, 3.8) is 0 Å². The van der Waals surface area contributed by atoms with E-state index in [1.807, 2.05) is 0 Å². The van der Waals surface area contributed by atoms with E-state index in [0.717, 1.165) is 11.8 Å². The number of rotatable bonds is 2. The second-order valence-electron chi connectivity index (χ2n) is 4.73. The Labute approximate surface area is 86.3 Å². The molecule has 2 rings (SSSR count). The molecule has 0 amide bonds. The maximum atomic E-state index is 5.91. The third-order valence-corrected chi connectivity index (χ3v) is 3.35. The minimum absolute atomic E-state index is 0.347. The molecule has 1 saturated carbocycles. The molecule has 0 aromatic heterocycles. The average molecular weight is 189 g/mol. The van der Waals surface area contributed by atoms with Crippen LogP contribution < -0.4 is 5.73 Å². The topological polar surface area (TPSA) is 26.0 Å². The second-order valence-corrected chi connectivity index (χ2v) is 4.73. The third kappa shape index (κ3) is 1.69. The predicted molar refractivity (Wildman–Crippen MR) is 60.4 cm³/mol. The molecule has 1 nitrogen and oxygen atoms in total. The van der Waals surface area contributed by atoms with Gasteiger partial charge in [0.15, 0.2) is 0 Å². The molecule has 1 aromatic rings. The Hall–Kier alpha value is -0.820. The van der Waals surface area contributed by atoms with E-state index in [-0.39, 0.29) is 0 Å². The number of hydrogen-bond acceptors (Lipinski definition) is 1. The highest BCUT2D eigenvalue weighted by atomic mass is 14.7. The Morgan fingerprint density at radius 1 is 1.36 bits per heavy atom. The average Bonchev–Trinajstić information content (AvgIpc) is 2.88. The molecule has 3 atom stereocenters. The molecule has 1 aliphatic carbocycles. The van der Waals surface area contributed by atoms with Gasteiger partial charge in [-0.3, -0.25) is 0 Å². The number of benzene rings is 1. The molecule has 1 aliphatic rings. The lowest BCUT2D eigenvalue weighted by atomic mass is 9.99. The summed E-state index contributed by atoms with van der Waals surface area (Å²) in [4.78, 5) is 0. The van der Waals surface area contributed by atoms with Gasteiger partial charge >= 0.3 is 0 Å². The minimum atomic E-state index is 0.347. The van der Waals surface area contributed by atoms with Crippen LogP contribution in [0.25, 0.3) is 0 Å². The van der Waals surface area contributed by atoms with E-state index < -0.39 is 0 Å². The summed E-state index contributed by atoms with van der Waals surface area (Å²) in [7, 11) is 0. The zero-order chi connectivity index (χ0) is 10.3. The molecular weight excluding hydrogens is 170 g/mol. The summed E-state index contributed by atoms with van der Waals surface area (Å²) in [5.74, 6) is 1.45. The largest absolute Gasteiger partial charge is 0.328 e. The van der Waals surface area contributed by atoms with E-state index in [1.165, 1.54) is 23.1 Å². The minimum Gasteiger partial charge on any atom is -0.328 e. The summed E-state index contributed by atoms with van der Waals surface area (Å²) in [5.41, 5.74) is 10.2. The van der Waals surface area contributed by atoms with Crippen LogP contribution >= 0.6 is 0 Å². The van der Waals surface area contributed by atoms with Crippen LogP contribution in [-0.4, -0.2) is 6.04 Å². The fourth-order valence-electron chi connectivity index (χ4n) is 2.31. The van der Waals surface area contributed by atoms with E-state index in [9.17, 15) is 0 Å². The third-order valence-electron chi connectivity index (χ3n) is 3.35. The van der Waals surface area contributed by atoms with Gasteiger partial charge in [0, 0.05) is 6.04 Å². The maximum Gasteiger partial charge on any atom is 0.00448 e. The Morgan fingerprint density at radius 3 is 2.64 bits per heavy atom. The first-order valence-corrected chi connectivity index (χ1v) is 5.42. The molecule has 1 aromatic carbocycles. The van der Waals surface area contributed by atoms with Gasteiger partial charge in [-0.25, -0.2) is 0 Å². The fourth-order valence-corrected chi connectivity index (χ4v) is 2.31. The molecule has 1 heteroatoms. The molecule has 1 fully saturated rings. The van der Waals surface area contributed by atoms with E-state index in [4.69, 9.17) is 5.73 Å². The summed E-state index contributed by atoms with van der Waals surface area (Å²) in [5, 5.41) is 0. The standard InChI is InChI=1S/C13H19N/c1-8-4-5-9(2)11(6-8)13-7-12(13)10(3)14/h4-6,10,12-13H,7,14H2,1-3H3. The van der Waals surface area contributed by atoms with Crippen LogP contribution in [0.1, 0.15) is 36.0 Å². The summed E-state index contributed by atoms with van der Waals surface area (Å²) in [6, 6.07) is 7.08. The van der Waals surface area contributed by atoms with Crippen molar-refractivity contribution >= 4 is 0 Å². The molecule has 0 radical (unpaired) electrons. The van der Waals surface area contributed by atoms with Crippen LogP contribution in [-0.2, 0) is 0 Å². The fraction of sp³-hybridized carbons (Fsp3) is 0.538. The molecule has 0 spiro atoms. The SMILES string of the molecule is Cc1ccc(C)c(C2CC2C(C)N)c1. The number of hydrogen-bond donors (Lipinski definition) is 1. The Morgan fingerprint density at radius 2 is 2.07 bits per heavy atom. The number of nitrogens with two attached hydrogens (primary N) is 1. The molecule has 2 N–H and O–H groups in total. The van der Waals surface area contributed by atoms with Crippen molar-refractivity contribution in [2.24, 2.45) is 11.7 Å². The zero-order valence-electron chi connectivity index (χ0n) is 9.25. The van der Waals surface area contributed by atoms with Gasteiger partial charge in [-0.2, -0.15) is 0 Å². The Kier molecular flexibility index (Phi) is 2.36. The molecule has 0 heterocycles. The highest BCUT2D eigenvalue weighted by molar-refractivity contribution is 5.37. The number of aryl methyl sites for hydroxylation is 2. The van der Waals surface area contributed by atoms with E-state index in [1.54, 1.807) is 0 Å². The summed E-state index contributed by atoms with van der Waals surface area (Å²) in [6.07, 6.45) is 1.28. The summed E-state index contributed by atoms with van der Waals surface area (Å²) < 4.78 is 0. The van der Waals surface area contributed by atoms with Crippen LogP contribution in [0.2, 0.25) is 0 Å². The van der Waals surface area contributed by atoms with Crippen molar-refractivity contribution in [2.45, 2.75) is 39.2 Å². The lowest BCUT2D eigenvalue weighted by Gasteiger charge is -2.08. The van der Waals surface area contributed by atoms with Crippen LogP contribution in [0.15, 0.2) is 18.2 Å². The summed E-state index contributed by atoms with van der Waals surface area (Å²) >= 11 is 0. The van der Waals surface area contributed by atoms with Gasteiger partial charge in [-0.15, -0.1) is 0 Å². The van der Waals surface area contributed by atoms with Crippen molar-refractivity contribution in [3.8, 4) is 0 Å². The zero-order valence-corrected chi connectivity index (χ0v) is 9.25. The van der Waals surface area contributed by atoms with Gasteiger partial charge < -0.3 is 5.73 Å². The highest BCUT2D eigenvalue weighted by Gasteiger charge is 2.41. The van der Waals surface area contributed by atoms with Gasteiger partial charge in [-0.05, 0) is 50.2 Å². The van der Waals surface area contributed by atoms with Crippen molar-refractivity contribution in [2.75, 3.05) is 0 Å². The smallest absolute Gasteiger partial charge is 0.00448 e. The lowest BCUT2D eigenvalue weighted by molar-refractivity contribution is 0.631. The van der Waals surface area contributed by atoms with Crippen molar-refractivity contribution in [1.29, 1.82) is 0 Å². The van der Waals surface area contributed by atoms with Gasteiger partial charge in [0.05, 0.1) is 0 Å². The summed E-state index contributed by atoms with van der Waals surface area (Å²) in [6.45, 7) is 6.48. The first-order chi connectivity index (χ1) is 6.59. The Bertz CT molecular complexity index is 341.